The van der Waals surface area contributed by atoms with E-state index in [0.717, 1.165) is 4.80 Å². The van der Waals surface area contributed by atoms with Crippen molar-refractivity contribution in [2.75, 3.05) is 6.61 Å². The fourth-order valence-electron chi connectivity index (χ4n) is 2.89. The van der Waals surface area contributed by atoms with Crippen LogP contribution in [-0.4, -0.2) is 43.6 Å². The number of non-ortho nitro benzene ring substituents is 1. The van der Waals surface area contributed by atoms with E-state index in [-0.39, 0.29) is 25.3 Å². The third kappa shape index (κ3) is 6.08. The quantitative estimate of drug-likeness (QED) is 0.293. The van der Waals surface area contributed by atoms with Crippen LogP contribution in [0, 0.1) is 10.1 Å². The summed E-state index contributed by atoms with van der Waals surface area (Å²) in [5.41, 5.74) is 0.919. The second-order valence-corrected chi connectivity index (χ2v) is 7.07. The molecule has 0 aliphatic carbocycles. The largest absolute Gasteiger partial charge is 0.466 e. The number of benzene rings is 2. The van der Waals surface area contributed by atoms with Crippen molar-refractivity contribution in [1.29, 1.82) is 0 Å². The fraction of sp³-hybridized carbons (Fsp3) is 0.250. The minimum atomic E-state index is -0.833. The van der Waals surface area contributed by atoms with E-state index >= 15 is 0 Å². The topological polar surface area (TPSA) is 142 Å². The van der Waals surface area contributed by atoms with Crippen molar-refractivity contribution in [3.8, 4) is 11.4 Å². The first kappa shape index (κ1) is 22.8. The minimum Gasteiger partial charge on any atom is -0.466 e. The van der Waals surface area contributed by atoms with Gasteiger partial charge in [-0.25, -0.2) is 0 Å². The number of nitro groups is 1. The second-order valence-electron chi connectivity index (χ2n) is 6.63. The maximum absolute atomic E-state index is 12.6. The SMILES string of the molecule is CCOC(=O)C[C@H](NC(=O)Cn1nnc(-c2ccc(Cl)cc2)n1)c1cccc([N+](=O)[O-])c1. The second kappa shape index (κ2) is 10.4. The van der Waals surface area contributed by atoms with Crippen molar-refractivity contribution >= 4 is 29.2 Å². The first-order chi connectivity index (χ1) is 15.4. The number of nitro benzene ring substituents is 1. The molecular formula is C20H19ClN6O5. The zero-order valence-electron chi connectivity index (χ0n) is 17.0. The molecule has 0 aliphatic rings. The van der Waals surface area contributed by atoms with Gasteiger partial charge < -0.3 is 10.1 Å². The highest BCUT2D eigenvalue weighted by Crippen LogP contribution is 2.22. The molecule has 1 amide bonds. The van der Waals surface area contributed by atoms with Crippen LogP contribution in [0.15, 0.2) is 48.5 Å². The number of carbonyl (C=O) groups excluding carboxylic acids is 2. The molecule has 11 nitrogen and oxygen atoms in total. The van der Waals surface area contributed by atoms with Crippen LogP contribution < -0.4 is 5.32 Å². The van der Waals surface area contributed by atoms with Gasteiger partial charge in [0.05, 0.1) is 24.0 Å². The number of hydrogen-bond acceptors (Lipinski definition) is 8. The predicted octanol–water partition coefficient (Wildman–Crippen LogP) is 2.71. The van der Waals surface area contributed by atoms with E-state index in [2.05, 4.69) is 20.7 Å². The number of ether oxygens (including phenoxy) is 1. The van der Waals surface area contributed by atoms with E-state index in [1.165, 1.54) is 18.2 Å². The molecule has 3 aromatic rings. The van der Waals surface area contributed by atoms with Gasteiger partial charge in [-0.2, -0.15) is 4.80 Å². The van der Waals surface area contributed by atoms with Crippen molar-refractivity contribution in [2.24, 2.45) is 0 Å². The van der Waals surface area contributed by atoms with Gasteiger partial charge in [0.15, 0.2) is 0 Å². The van der Waals surface area contributed by atoms with Crippen LogP contribution in [0.25, 0.3) is 11.4 Å². The van der Waals surface area contributed by atoms with E-state index in [9.17, 15) is 19.7 Å². The molecule has 32 heavy (non-hydrogen) atoms. The number of halogens is 1. The Labute approximate surface area is 187 Å². The third-order valence-electron chi connectivity index (χ3n) is 4.34. The fourth-order valence-corrected chi connectivity index (χ4v) is 3.01. The molecule has 166 valence electrons. The highest BCUT2D eigenvalue weighted by Gasteiger charge is 2.22. The number of aromatic nitrogens is 4. The summed E-state index contributed by atoms with van der Waals surface area (Å²) < 4.78 is 4.96. The highest BCUT2D eigenvalue weighted by molar-refractivity contribution is 6.30. The Kier molecular flexibility index (Phi) is 7.45. The van der Waals surface area contributed by atoms with Gasteiger partial charge in [0.1, 0.15) is 6.54 Å². The van der Waals surface area contributed by atoms with Crippen molar-refractivity contribution in [2.45, 2.75) is 25.9 Å². The number of nitrogens with zero attached hydrogens (tertiary/aromatic N) is 5. The van der Waals surface area contributed by atoms with Gasteiger partial charge in [0, 0.05) is 22.7 Å². The first-order valence-corrected chi connectivity index (χ1v) is 9.96. The summed E-state index contributed by atoms with van der Waals surface area (Å²) in [5.74, 6) is -0.740. The lowest BCUT2D eigenvalue weighted by Gasteiger charge is -2.18. The first-order valence-electron chi connectivity index (χ1n) is 9.58. The van der Waals surface area contributed by atoms with Crippen LogP contribution in [-0.2, 0) is 20.9 Å². The molecule has 0 unspecified atom stereocenters. The smallest absolute Gasteiger partial charge is 0.308 e. The zero-order chi connectivity index (χ0) is 23.1. The number of esters is 1. The van der Waals surface area contributed by atoms with Crippen LogP contribution in [0.4, 0.5) is 5.69 Å². The molecule has 0 aliphatic heterocycles. The molecule has 1 heterocycles. The summed E-state index contributed by atoms with van der Waals surface area (Å²) >= 11 is 5.87. The summed E-state index contributed by atoms with van der Waals surface area (Å²) in [6.07, 6.45) is -0.193. The van der Waals surface area contributed by atoms with Gasteiger partial charge in [0.25, 0.3) is 5.69 Å². The lowest BCUT2D eigenvalue weighted by atomic mass is 10.0. The molecule has 0 saturated carbocycles. The Morgan fingerprint density at radius 2 is 2.00 bits per heavy atom. The Balaban J connectivity index is 1.73. The third-order valence-corrected chi connectivity index (χ3v) is 4.59. The average Bonchev–Trinajstić information content (AvgIpc) is 3.22. The number of rotatable bonds is 9. The van der Waals surface area contributed by atoms with Gasteiger partial charge >= 0.3 is 5.97 Å². The molecule has 1 N–H and O–H groups in total. The number of carbonyl (C=O) groups is 2. The lowest BCUT2D eigenvalue weighted by molar-refractivity contribution is -0.384. The number of tetrazole rings is 1. The standard InChI is InChI=1S/C20H19ClN6O5/c1-2-32-19(29)11-17(14-4-3-5-16(10-14)27(30)31)22-18(28)12-26-24-20(23-25-26)13-6-8-15(21)9-7-13/h3-10,17H,2,11-12H2,1H3,(H,22,28)/t17-/m0/s1. The van der Waals surface area contributed by atoms with Gasteiger partial charge in [-0.1, -0.05) is 23.7 Å². The van der Waals surface area contributed by atoms with Crippen LogP contribution >= 0.6 is 11.6 Å². The lowest BCUT2D eigenvalue weighted by Crippen LogP contribution is -2.33. The highest BCUT2D eigenvalue weighted by atomic mass is 35.5. The zero-order valence-corrected chi connectivity index (χ0v) is 17.7. The van der Waals surface area contributed by atoms with Gasteiger partial charge in [-0.3, -0.25) is 19.7 Å². The summed E-state index contributed by atoms with van der Waals surface area (Å²) in [5, 5.41) is 26.3. The summed E-state index contributed by atoms with van der Waals surface area (Å²) in [6, 6.07) is 11.7. The maximum atomic E-state index is 12.6. The molecule has 2 aromatic carbocycles. The van der Waals surface area contributed by atoms with Crippen LogP contribution in [0.1, 0.15) is 24.9 Å². The Morgan fingerprint density at radius 1 is 1.25 bits per heavy atom. The molecular weight excluding hydrogens is 440 g/mol. The monoisotopic (exact) mass is 458 g/mol. The van der Waals surface area contributed by atoms with Crippen LogP contribution in [0.3, 0.4) is 0 Å². The number of hydrogen-bond donors (Lipinski definition) is 1. The normalized spacial score (nSPS) is 11.6. The van der Waals surface area contributed by atoms with E-state index in [1.807, 2.05) is 0 Å². The molecule has 1 atom stereocenters. The predicted molar refractivity (Wildman–Crippen MR) is 113 cm³/mol. The minimum absolute atomic E-state index is 0.156. The average molecular weight is 459 g/mol. The number of amides is 1. The number of nitrogens with one attached hydrogen (secondary N) is 1. The molecule has 0 radical (unpaired) electrons. The molecule has 0 spiro atoms. The van der Waals surface area contributed by atoms with Gasteiger partial charge in [-0.15, -0.1) is 10.2 Å². The maximum Gasteiger partial charge on any atom is 0.308 e. The van der Waals surface area contributed by atoms with E-state index in [4.69, 9.17) is 16.3 Å². The Morgan fingerprint density at radius 3 is 2.69 bits per heavy atom. The van der Waals surface area contributed by atoms with E-state index in [1.54, 1.807) is 37.3 Å². The van der Waals surface area contributed by atoms with Crippen molar-refractivity contribution < 1.29 is 19.2 Å². The van der Waals surface area contributed by atoms with Gasteiger partial charge in [0.2, 0.25) is 11.7 Å². The van der Waals surface area contributed by atoms with Crippen molar-refractivity contribution in [3.63, 3.8) is 0 Å². The molecule has 0 fully saturated rings. The summed E-state index contributed by atoms with van der Waals surface area (Å²) in [7, 11) is 0. The molecule has 12 heteroatoms. The summed E-state index contributed by atoms with van der Waals surface area (Å²) in [6.45, 7) is 1.56. The molecule has 3 rings (SSSR count). The van der Waals surface area contributed by atoms with Gasteiger partial charge in [-0.05, 0) is 42.0 Å². The van der Waals surface area contributed by atoms with E-state index < -0.39 is 22.8 Å². The Hall–Kier alpha value is -3.86. The van der Waals surface area contributed by atoms with Crippen molar-refractivity contribution in [3.05, 3.63) is 69.2 Å². The van der Waals surface area contributed by atoms with Crippen LogP contribution in [0.2, 0.25) is 5.02 Å². The molecule has 0 saturated heterocycles. The van der Waals surface area contributed by atoms with E-state index in [0.29, 0.717) is 22.0 Å². The molecule has 1 aromatic heterocycles. The van der Waals surface area contributed by atoms with Crippen LogP contribution in [0.5, 0.6) is 0 Å². The Bertz CT molecular complexity index is 1120. The van der Waals surface area contributed by atoms with Crippen molar-refractivity contribution in [1.82, 2.24) is 25.5 Å². The molecule has 0 bridgehead atoms. The summed E-state index contributed by atoms with van der Waals surface area (Å²) in [4.78, 5) is 36.3.